The van der Waals surface area contributed by atoms with E-state index in [-0.39, 0.29) is 0 Å². The van der Waals surface area contributed by atoms with Gasteiger partial charge in [0.25, 0.3) is 0 Å². The van der Waals surface area contributed by atoms with E-state index in [0.29, 0.717) is 22.2 Å². The number of hydrogen-bond donors (Lipinski definition) is 1. The highest BCUT2D eigenvalue weighted by molar-refractivity contribution is 6.90. The van der Waals surface area contributed by atoms with Crippen LogP contribution in [0.2, 0.25) is 16.6 Å². The molecule has 1 N–H and O–H groups in total. The van der Waals surface area contributed by atoms with E-state index in [2.05, 4.69) is 53.0 Å². The molecular weight excluding hydrogens is 286 g/mol. The van der Waals surface area contributed by atoms with E-state index < -0.39 is 20.1 Å². The molecule has 0 aliphatic heterocycles. The average Bonchev–Trinajstić information content (AvgIpc) is 2.26. The van der Waals surface area contributed by atoms with Gasteiger partial charge in [-0.15, -0.1) is 5.54 Å². The van der Waals surface area contributed by atoms with Crippen molar-refractivity contribution >= 4 is 8.07 Å². The number of aliphatic hydroxyl groups excluding tert-OH is 1. The van der Waals surface area contributed by atoms with Crippen LogP contribution < -0.4 is 0 Å². The Morgan fingerprint density at radius 2 is 1.38 bits per heavy atom. The van der Waals surface area contributed by atoms with Gasteiger partial charge in [0, 0.05) is 0 Å². The molecular formula is C17H30F2OSi. The van der Waals surface area contributed by atoms with E-state index in [4.69, 9.17) is 0 Å². The number of hydrogen-bond acceptors (Lipinski definition) is 1. The largest absolute Gasteiger partial charge is 0.382 e. The van der Waals surface area contributed by atoms with Gasteiger partial charge in [-0.05, 0) is 36.4 Å². The Hall–Kier alpha value is -0.663. The van der Waals surface area contributed by atoms with Crippen molar-refractivity contribution in [3.05, 3.63) is 11.6 Å². The Labute approximate surface area is 129 Å². The van der Waals surface area contributed by atoms with Crippen molar-refractivity contribution in [2.24, 2.45) is 0 Å². The van der Waals surface area contributed by atoms with Crippen molar-refractivity contribution < 1.29 is 13.9 Å². The zero-order valence-corrected chi connectivity index (χ0v) is 15.6. The topological polar surface area (TPSA) is 20.2 Å². The van der Waals surface area contributed by atoms with Crippen LogP contribution in [0, 0.1) is 11.5 Å². The van der Waals surface area contributed by atoms with Gasteiger partial charge in [0.2, 0.25) is 0 Å². The van der Waals surface area contributed by atoms with E-state index in [0.717, 1.165) is 6.08 Å². The molecule has 0 aromatic rings. The van der Waals surface area contributed by atoms with Gasteiger partial charge < -0.3 is 5.11 Å². The number of halogens is 2. The third-order valence-corrected chi connectivity index (χ3v) is 10.5. The molecule has 0 spiro atoms. The summed E-state index contributed by atoms with van der Waals surface area (Å²) in [7, 11) is -2.20. The highest BCUT2D eigenvalue weighted by Gasteiger charge is 2.43. The standard InChI is InChI=1S/C17H30F2OSi/c1-12(2)11-16(20)17(18,19)9-10-21(13(3)4,14(5)6)15(7)8/h11,13-16,20H,1-8H3. The molecule has 0 amide bonds. The first-order valence-corrected chi connectivity index (χ1v) is 9.86. The Bertz CT molecular complexity index is 402. The molecule has 0 aliphatic carbocycles. The Morgan fingerprint density at radius 1 is 1.00 bits per heavy atom. The maximum absolute atomic E-state index is 14.1. The molecule has 1 atom stereocenters. The molecule has 0 rings (SSSR count). The highest BCUT2D eigenvalue weighted by Crippen LogP contribution is 2.41. The zero-order valence-electron chi connectivity index (χ0n) is 14.6. The third kappa shape index (κ3) is 4.93. The summed E-state index contributed by atoms with van der Waals surface area (Å²) in [4.78, 5) is 0. The minimum Gasteiger partial charge on any atom is -0.382 e. The van der Waals surface area contributed by atoms with Gasteiger partial charge in [-0.3, -0.25) is 0 Å². The second-order valence-corrected chi connectivity index (χ2v) is 12.5. The average molecular weight is 317 g/mol. The fourth-order valence-electron chi connectivity index (χ4n) is 3.12. The Kier molecular flexibility index (Phi) is 7.32. The molecule has 0 radical (unpaired) electrons. The SMILES string of the molecule is CC(C)=CC(O)C(F)(F)C#C[Si](C(C)C)(C(C)C)C(C)C. The molecule has 0 aliphatic rings. The quantitative estimate of drug-likeness (QED) is 0.421. The molecule has 21 heavy (non-hydrogen) atoms. The van der Waals surface area contributed by atoms with Crippen LogP contribution in [0.3, 0.4) is 0 Å². The minimum absolute atomic E-state index is 0.293. The van der Waals surface area contributed by atoms with Gasteiger partial charge in [0.1, 0.15) is 14.2 Å². The monoisotopic (exact) mass is 316 g/mol. The zero-order chi connectivity index (χ0) is 17.0. The second-order valence-electron chi connectivity index (χ2n) is 6.96. The second kappa shape index (κ2) is 7.55. The molecule has 0 fully saturated rings. The first-order valence-electron chi connectivity index (χ1n) is 7.63. The predicted molar refractivity (Wildman–Crippen MR) is 89.2 cm³/mol. The predicted octanol–water partition coefficient (Wildman–Crippen LogP) is 5.17. The molecule has 122 valence electrons. The number of aliphatic hydroxyl groups is 1. The first kappa shape index (κ1) is 20.3. The van der Waals surface area contributed by atoms with Gasteiger partial charge in [-0.25, -0.2) is 0 Å². The Morgan fingerprint density at radius 3 is 1.67 bits per heavy atom. The van der Waals surface area contributed by atoms with Crippen LogP contribution in [-0.4, -0.2) is 25.2 Å². The lowest BCUT2D eigenvalue weighted by Gasteiger charge is -2.38. The first-order chi connectivity index (χ1) is 9.37. The molecule has 0 aromatic carbocycles. The lowest BCUT2D eigenvalue weighted by atomic mass is 10.1. The lowest BCUT2D eigenvalue weighted by molar-refractivity contribution is -0.0369. The van der Waals surface area contributed by atoms with Crippen molar-refractivity contribution in [3.63, 3.8) is 0 Å². The maximum atomic E-state index is 14.1. The van der Waals surface area contributed by atoms with Crippen LogP contribution in [0.4, 0.5) is 8.78 Å². The molecule has 0 saturated carbocycles. The van der Waals surface area contributed by atoms with Crippen LogP contribution in [0.5, 0.6) is 0 Å². The smallest absolute Gasteiger partial charge is 0.336 e. The Balaban J connectivity index is 5.72. The molecule has 1 unspecified atom stereocenters. The molecule has 1 nitrogen and oxygen atoms in total. The van der Waals surface area contributed by atoms with Gasteiger partial charge in [0.15, 0.2) is 0 Å². The summed E-state index contributed by atoms with van der Waals surface area (Å²) in [6.07, 6.45) is -0.675. The summed E-state index contributed by atoms with van der Waals surface area (Å²) >= 11 is 0. The van der Waals surface area contributed by atoms with E-state index in [1.807, 2.05) is 0 Å². The van der Waals surface area contributed by atoms with Gasteiger partial charge in [0.05, 0.1) is 0 Å². The summed E-state index contributed by atoms with van der Waals surface area (Å²) in [5, 5.41) is 9.65. The molecule has 0 aromatic heterocycles. The molecule has 4 heteroatoms. The van der Waals surface area contributed by atoms with Crippen molar-refractivity contribution in [1.82, 2.24) is 0 Å². The number of alkyl halides is 2. The fraction of sp³-hybridized carbons (Fsp3) is 0.765. The molecule has 0 bridgehead atoms. The summed E-state index contributed by atoms with van der Waals surface area (Å²) in [6.45, 7) is 15.8. The molecule has 0 heterocycles. The number of rotatable bonds is 5. The summed E-state index contributed by atoms with van der Waals surface area (Å²) in [6, 6.07) is 0. The van der Waals surface area contributed by atoms with Gasteiger partial charge >= 0.3 is 5.92 Å². The third-order valence-electron chi connectivity index (χ3n) is 4.17. The summed E-state index contributed by atoms with van der Waals surface area (Å²) in [5.74, 6) is -1.26. The van der Waals surface area contributed by atoms with Gasteiger partial charge in [-0.1, -0.05) is 53.2 Å². The van der Waals surface area contributed by atoms with Crippen molar-refractivity contribution in [1.29, 1.82) is 0 Å². The van der Waals surface area contributed by atoms with E-state index in [1.54, 1.807) is 13.8 Å². The van der Waals surface area contributed by atoms with Crippen molar-refractivity contribution in [2.45, 2.75) is 84.0 Å². The van der Waals surface area contributed by atoms with Crippen LogP contribution in [0.1, 0.15) is 55.4 Å². The van der Waals surface area contributed by atoms with Crippen LogP contribution in [-0.2, 0) is 0 Å². The normalized spacial score (nSPS) is 14.2. The highest BCUT2D eigenvalue weighted by atomic mass is 28.3. The summed E-state index contributed by atoms with van der Waals surface area (Å²) < 4.78 is 28.1. The minimum atomic E-state index is -3.39. The maximum Gasteiger partial charge on any atom is 0.336 e. The summed E-state index contributed by atoms with van der Waals surface area (Å²) in [5.41, 5.74) is 4.51. The van der Waals surface area contributed by atoms with Crippen LogP contribution in [0.15, 0.2) is 11.6 Å². The van der Waals surface area contributed by atoms with E-state index >= 15 is 0 Å². The van der Waals surface area contributed by atoms with Crippen molar-refractivity contribution in [3.8, 4) is 11.5 Å². The van der Waals surface area contributed by atoms with E-state index in [9.17, 15) is 13.9 Å². The van der Waals surface area contributed by atoms with E-state index in [1.165, 1.54) is 0 Å². The number of allylic oxidation sites excluding steroid dienone is 1. The fourth-order valence-corrected chi connectivity index (χ4v) is 8.37. The van der Waals surface area contributed by atoms with Crippen molar-refractivity contribution in [2.75, 3.05) is 0 Å². The molecule has 0 saturated heterocycles. The van der Waals surface area contributed by atoms with Crippen LogP contribution >= 0.6 is 0 Å². The van der Waals surface area contributed by atoms with Gasteiger partial charge in [-0.2, -0.15) is 8.78 Å². The lowest BCUT2D eigenvalue weighted by Crippen LogP contribution is -2.44. The van der Waals surface area contributed by atoms with Crippen LogP contribution in [0.25, 0.3) is 0 Å².